The first-order valence-corrected chi connectivity index (χ1v) is 7.96. The zero-order valence-corrected chi connectivity index (χ0v) is 13.3. The second kappa shape index (κ2) is 7.40. The first-order valence-electron chi connectivity index (χ1n) is 6.64. The van der Waals surface area contributed by atoms with E-state index in [4.69, 9.17) is 23.1 Å². The van der Waals surface area contributed by atoms with Crippen molar-refractivity contribution in [1.29, 1.82) is 0 Å². The molecule has 1 aromatic carbocycles. The van der Waals surface area contributed by atoms with Gasteiger partial charge in [0.25, 0.3) is 5.91 Å². The van der Waals surface area contributed by atoms with Crippen molar-refractivity contribution in [3.05, 3.63) is 56.7 Å². The summed E-state index contributed by atoms with van der Waals surface area (Å²) in [6.45, 7) is 0.435. The van der Waals surface area contributed by atoms with Crippen LogP contribution in [0.25, 0.3) is 0 Å². The molecule has 0 radical (unpaired) electrons. The van der Waals surface area contributed by atoms with Gasteiger partial charge >= 0.3 is 0 Å². The summed E-state index contributed by atoms with van der Waals surface area (Å²) in [4.78, 5) is 23.3. The number of hydrogen-bond donors (Lipinski definition) is 3. The average Bonchev–Trinajstić information content (AvgIpc) is 3.01. The predicted octanol–water partition coefficient (Wildman–Crippen LogP) is 2.32. The molecule has 5 nitrogen and oxygen atoms in total. The summed E-state index contributed by atoms with van der Waals surface area (Å²) in [7, 11) is 0. The van der Waals surface area contributed by atoms with Crippen molar-refractivity contribution in [3.8, 4) is 0 Å². The molecule has 0 saturated carbocycles. The van der Waals surface area contributed by atoms with Crippen molar-refractivity contribution >= 4 is 34.8 Å². The molecule has 0 aliphatic rings. The lowest BCUT2D eigenvalue weighted by Gasteiger charge is -2.11. The quantitative estimate of drug-likeness (QED) is 0.754. The van der Waals surface area contributed by atoms with Gasteiger partial charge in [-0.2, -0.15) is 11.3 Å². The van der Waals surface area contributed by atoms with Crippen LogP contribution in [-0.4, -0.2) is 18.4 Å². The van der Waals surface area contributed by atoms with E-state index in [1.807, 2.05) is 16.8 Å². The fraction of sp³-hybridized carbons (Fsp3) is 0.200. The number of thiophene rings is 1. The molecule has 1 unspecified atom stereocenters. The number of rotatable bonds is 6. The van der Waals surface area contributed by atoms with E-state index >= 15 is 0 Å². The van der Waals surface area contributed by atoms with Crippen LogP contribution in [-0.2, 0) is 0 Å². The number of benzene rings is 1. The van der Waals surface area contributed by atoms with Crippen LogP contribution in [0, 0.1) is 0 Å². The van der Waals surface area contributed by atoms with E-state index in [1.165, 1.54) is 12.1 Å². The van der Waals surface area contributed by atoms with Gasteiger partial charge in [0.05, 0.1) is 10.6 Å². The van der Waals surface area contributed by atoms with Crippen LogP contribution in [0.2, 0.25) is 5.02 Å². The lowest BCUT2D eigenvalue weighted by molar-refractivity contribution is 0.0952. The molecule has 1 atom stereocenters. The summed E-state index contributed by atoms with van der Waals surface area (Å²) in [5.41, 5.74) is 12.8. The Balaban J connectivity index is 1.92. The fourth-order valence-corrected chi connectivity index (χ4v) is 2.89. The first-order chi connectivity index (χ1) is 10.5. The van der Waals surface area contributed by atoms with Crippen molar-refractivity contribution in [2.75, 3.05) is 6.54 Å². The van der Waals surface area contributed by atoms with Gasteiger partial charge in [-0.15, -0.1) is 0 Å². The summed E-state index contributed by atoms with van der Waals surface area (Å²) >= 11 is 7.44. The molecule has 2 rings (SSSR count). The minimum atomic E-state index is -0.667. The van der Waals surface area contributed by atoms with Crippen LogP contribution < -0.4 is 16.8 Å². The minimum Gasteiger partial charge on any atom is -0.366 e. The van der Waals surface area contributed by atoms with E-state index < -0.39 is 5.91 Å². The van der Waals surface area contributed by atoms with Gasteiger partial charge in [0.2, 0.25) is 5.91 Å². The van der Waals surface area contributed by atoms with Crippen LogP contribution in [0.4, 0.5) is 0 Å². The molecule has 0 spiro atoms. The summed E-state index contributed by atoms with van der Waals surface area (Å²) < 4.78 is 0. The Bertz CT molecular complexity index is 673. The van der Waals surface area contributed by atoms with Crippen molar-refractivity contribution in [1.82, 2.24) is 5.32 Å². The minimum absolute atomic E-state index is 0.113. The van der Waals surface area contributed by atoms with E-state index in [0.29, 0.717) is 18.5 Å². The summed E-state index contributed by atoms with van der Waals surface area (Å²) in [5.74, 6) is -0.962. The number of nitrogens with one attached hydrogen (secondary N) is 1. The fourth-order valence-electron chi connectivity index (χ4n) is 1.95. The smallest absolute Gasteiger partial charge is 0.251 e. The summed E-state index contributed by atoms with van der Waals surface area (Å²) in [6, 6.07) is 6.27. The highest BCUT2D eigenvalue weighted by atomic mass is 35.5. The van der Waals surface area contributed by atoms with E-state index in [0.717, 1.165) is 5.56 Å². The van der Waals surface area contributed by atoms with Gasteiger partial charge in [-0.1, -0.05) is 11.6 Å². The van der Waals surface area contributed by atoms with Gasteiger partial charge in [0, 0.05) is 18.2 Å². The predicted molar refractivity (Wildman–Crippen MR) is 88.2 cm³/mol. The van der Waals surface area contributed by atoms with Crippen LogP contribution in [0.15, 0.2) is 35.0 Å². The van der Waals surface area contributed by atoms with E-state index in [1.54, 1.807) is 17.4 Å². The second-order valence-corrected chi connectivity index (χ2v) is 5.95. The molecular weight excluding hydrogens is 322 g/mol. The molecule has 22 heavy (non-hydrogen) atoms. The van der Waals surface area contributed by atoms with Crippen molar-refractivity contribution in [3.63, 3.8) is 0 Å². The molecule has 5 N–H and O–H groups in total. The number of hydrogen-bond acceptors (Lipinski definition) is 4. The molecule has 116 valence electrons. The Morgan fingerprint density at radius 1 is 1.32 bits per heavy atom. The average molecular weight is 338 g/mol. The standard InChI is InChI=1S/C15H16ClN3O2S/c16-12-2-1-9(7-11(12)14(18)20)15(21)19-5-3-13(17)10-4-6-22-8-10/h1-2,4,6-8,13H,3,5,17H2,(H2,18,20)(H,19,21). The third-order valence-electron chi connectivity index (χ3n) is 3.21. The van der Waals surface area contributed by atoms with E-state index in [9.17, 15) is 9.59 Å². The van der Waals surface area contributed by atoms with Gasteiger partial charge in [-0.25, -0.2) is 0 Å². The zero-order valence-electron chi connectivity index (χ0n) is 11.7. The van der Waals surface area contributed by atoms with Gasteiger partial charge in [-0.3, -0.25) is 9.59 Å². The number of amides is 2. The lowest BCUT2D eigenvalue weighted by atomic mass is 10.1. The molecule has 1 heterocycles. The van der Waals surface area contributed by atoms with Crippen LogP contribution >= 0.6 is 22.9 Å². The Kier molecular flexibility index (Phi) is 5.54. The third kappa shape index (κ3) is 4.07. The highest BCUT2D eigenvalue weighted by molar-refractivity contribution is 7.07. The normalized spacial score (nSPS) is 11.9. The maximum absolute atomic E-state index is 12.1. The monoisotopic (exact) mass is 337 g/mol. The molecule has 0 aliphatic heterocycles. The van der Waals surface area contributed by atoms with Crippen molar-refractivity contribution in [2.45, 2.75) is 12.5 Å². The Hall–Kier alpha value is -1.89. The number of primary amides is 1. The number of nitrogens with two attached hydrogens (primary N) is 2. The number of halogens is 1. The molecule has 0 bridgehead atoms. The second-order valence-electron chi connectivity index (χ2n) is 4.77. The van der Waals surface area contributed by atoms with Crippen LogP contribution in [0.5, 0.6) is 0 Å². The summed E-state index contributed by atoms with van der Waals surface area (Å²) in [6.07, 6.45) is 0.624. The highest BCUT2D eigenvalue weighted by Crippen LogP contribution is 2.18. The van der Waals surface area contributed by atoms with Crippen molar-refractivity contribution < 1.29 is 9.59 Å². The molecular formula is C15H16ClN3O2S. The number of carbonyl (C=O) groups is 2. The SMILES string of the molecule is NC(=O)c1cc(C(=O)NCCC(N)c2ccsc2)ccc1Cl. The maximum atomic E-state index is 12.1. The van der Waals surface area contributed by atoms with Crippen molar-refractivity contribution in [2.24, 2.45) is 11.5 Å². The Labute approximate surface area is 137 Å². The van der Waals surface area contributed by atoms with Crippen LogP contribution in [0.3, 0.4) is 0 Å². The highest BCUT2D eigenvalue weighted by Gasteiger charge is 2.13. The Morgan fingerprint density at radius 2 is 2.09 bits per heavy atom. The summed E-state index contributed by atoms with van der Waals surface area (Å²) in [5, 5.41) is 6.95. The molecule has 1 aromatic heterocycles. The first kappa shape index (κ1) is 16.5. The zero-order chi connectivity index (χ0) is 16.1. The van der Waals surface area contributed by atoms with Gasteiger partial charge < -0.3 is 16.8 Å². The maximum Gasteiger partial charge on any atom is 0.251 e. The largest absolute Gasteiger partial charge is 0.366 e. The van der Waals surface area contributed by atoms with E-state index in [2.05, 4.69) is 5.32 Å². The lowest BCUT2D eigenvalue weighted by Crippen LogP contribution is -2.27. The molecule has 2 amide bonds. The van der Waals surface area contributed by atoms with E-state index in [-0.39, 0.29) is 22.5 Å². The van der Waals surface area contributed by atoms with Gasteiger partial charge in [-0.05, 0) is 47.0 Å². The topological polar surface area (TPSA) is 98.2 Å². The molecule has 7 heteroatoms. The molecule has 0 fully saturated rings. The molecule has 0 saturated heterocycles. The van der Waals surface area contributed by atoms with Gasteiger partial charge in [0.1, 0.15) is 0 Å². The number of carbonyl (C=O) groups excluding carboxylic acids is 2. The third-order valence-corrected chi connectivity index (χ3v) is 4.24. The van der Waals surface area contributed by atoms with Crippen LogP contribution in [0.1, 0.15) is 38.7 Å². The van der Waals surface area contributed by atoms with Gasteiger partial charge in [0.15, 0.2) is 0 Å². The molecule has 2 aromatic rings. The Morgan fingerprint density at radius 3 is 2.73 bits per heavy atom. The molecule has 0 aliphatic carbocycles.